The number of benzene rings is 1. The van der Waals surface area contributed by atoms with Crippen molar-refractivity contribution in [2.75, 3.05) is 19.0 Å². The van der Waals surface area contributed by atoms with E-state index in [1.807, 2.05) is 16.8 Å². The molecule has 0 aliphatic carbocycles. The molecule has 2 aromatic rings. The van der Waals surface area contributed by atoms with Gasteiger partial charge in [-0.15, -0.1) is 0 Å². The molecule has 20 heavy (non-hydrogen) atoms. The van der Waals surface area contributed by atoms with Crippen molar-refractivity contribution in [1.29, 1.82) is 0 Å². The first-order chi connectivity index (χ1) is 9.69. The van der Waals surface area contributed by atoms with Crippen LogP contribution in [0.5, 0.6) is 5.75 Å². The van der Waals surface area contributed by atoms with Gasteiger partial charge in [0.25, 0.3) is 0 Å². The first-order valence-corrected chi connectivity index (χ1v) is 7.03. The molecule has 1 aliphatic heterocycles. The van der Waals surface area contributed by atoms with Crippen molar-refractivity contribution in [3.05, 3.63) is 35.7 Å². The Morgan fingerprint density at radius 2 is 2.25 bits per heavy atom. The van der Waals surface area contributed by atoms with Crippen LogP contribution in [0.4, 0.5) is 5.95 Å². The molecule has 3 rings (SSSR count). The quantitative estimate of drug-likeness (QED) is 0.933. The molecule has 2 heterocycles. The maximum atomic E-state index is 5.32. The fraction of sp³-hybridized carbons (Fsp3) is 0.467. The fourth-order valence-electron chi connectivity index (χ4n) is 2.52. The summed E-state index contributed by atoms with van der Waals surface area (Å²) in [5.74, 6) is 2.97. The average Bonchev–Trinajstić information content (AvgIpc) is 2.91. The lowest BCUT2D eigenvalue weighted by Gasteiger charge is -2.24. The van der Waals surface area contributed by atoms with Gasteiger partial charge in [0.2, 0.25) is 5.95 Å². The summed E-state index contributed by atoms with van der Waals surface area (Å²) in [6, 6.07) is 8.42. The Hall–Kier alpha value is -2.04. The largest absolute Gasteiger partial charge is 0.497 e. The van der Waals surface area contributed by atoms with Crippen molar-refractivity contribution in [1.82, 2.24) is 14.8 Å². The third-order valence-electron chi connectivity index (χ3n) is 3.64. The van der Waals surface area contributed by atoms with Crippen molar-refractivity contribution in [2.24, 2.45) is 0 Å². The molecule has 1 N–H and O–H groups in total. The molecule has 1 aliphatic rings. The van der Waals surface area contributed by atoms with Crippen molar-refractivity contribution in [2.45, 2.75) is 32.2 Å². The summed E-state index contributed by atoms with van der Waals surface area (Å²) in [4.78, 5) is 4.58. The SMILES string of the molecule is COc1cccc(C2CCNc3nc(C(C)C)nn32)c1. The zero-order chi connectivity index (χ0) is 14.1. The Labute approximate surface area is 119 Å². The molecule has 5 heteroatoms. The van der Waals surface area contributed by atoms with E-state index in [1.54, 1.807) is 7.11 Å². The number of nitrogens with one attached hydrogen (secondary N) is 1. The highest BCUT2D eigenvalue weighted by atomic mass is 16.5. The van der Waals surface area contributed by atoms with E-state index < -0.39 is 0 Å². The minimum Gasteiger partial charge on any atom is -0.497 e. The zero-order valence-corrected chi connectivity index (χ0v) is 12.1. The minimum atomic E-state index is 0.223. The van der Waals surface area contributed by atoms with Crippen LogP contribution in [0.15, 0.2) is 24.3 Å². The van der Waals surface area contributed by atoms with Crippen LogP contribution in [0.2, 0.25) is 0 Å². The molecule has 5 nitrogen and oxygen atoms in total. The highest BCUT2D eigenvalue weighted by molar-refractivity contribution is 5.36. The summed E-state index contributed by atoms with van der Waals surface area (Å²) in [6.45, 7) is 5.14. The monoisotopic (exact) mass is 272 g/mol. The smallest absolute Gasteiger partial charge is 0.221 e. The van der Waals surface area contributed by atoms with E-state index in [1.165, 1.54) is 5.56 Å². The average molecular weight is 272 g/mol. The molecule has 0 saturated carbocycles. The molecule has 0 spiro atoms. The van der Waals surface area contributed by atoms with Gasteiger partial charge < -0.3 is 10.1 Å². The summed E-state index contributed by atoms with van der Waals surface area (Å²) in [7, 11) is 1.69. The lowest BCUT2D eigenvalue weighted by Crippen LogP contribution is -2.24. The number of hydrogen-bond donors (Lipinski definition) is 1. The third-order valence-corrected chi connectivity index (χ3v) is 3.64. The Balaban J connectivity index is 2.00. The van der Waals surface area contributed by atoms with Gasteiger partial charge in [-0.1, -0.05) is 26.0 Å². The predicted molar refractivity (Wildman–Crippen MR) is 78.4 cm³/mol. The van der Waals surface area contributed by atoms with Crippen LogP contribution in [-0.4, -0.2) is 28.4 Å². The van der Waals surface area contributed by atoms with Crippen LogP contribution in [0.25, 0.3) is 0 Å². The molecule has 1 unspecified atom stereocenters. The minimum absolute atomic E-state index is 0.223. The molecule has 106 valence electrons. The van der Waals surface area contributed by atoms with Crippen LogP contribution in [0.1, 0.15) is 43.6 Å². The molecule has 0 amide bonds. The topological polar surface area (TPSA) is 52.0 Å². The number of fused-ring (bicyclic) bond motifs is 1. The van der Waals surface area contributed by atoms with Gasteiger partial charge in [0, 0.05) is 12.5 Å². The number of methoxy groups -OCH3 is 1. The van der Waals surface area contributed by atoms with E-state index in [9.17, 15) is 0 Å². The number of ether oxygens (including phenoxy) is 1. The molecule has 1 aromatic carbocycles. The van der Waals surface area contributed by atoms with Gasteiger partial charge in [-0.05, 0) is 24.1 Å². The Morgan fingerprint density at radius 3 is 3.00 bits per heavy atom. The second-order valence-corrected chi connectivity index (χ2v) is 5.40. The van der Waals surface area contributed by atoms with E-state index in [2.05, 4.69) is 41.4 Å². The zero-order valence-electron chi connectivity index (χ0n) is 12.1. The van der Waals surface area contributed by atoms with Crippen LogP contribution >= 0.6 is 0 Å². The van der Waals surface area contributed by atoms with Crippen LogP contribution in [0, 0.1) is 0 Å². The van der Waals surface area contributed by atoms with Crippen molar-refractivity contribution in [3.63, 3.8) is 0 Å². The maximum absolute atomic E-state index is 5.32. The van der Waals surface area contributed by atoms with Crippen LogP contribution in [-0.2, 0) is 0 Å². The third kappa shape index (κ3) is 2.24. The second kappa shape index (κ2) is 5.15. The summed E-state index contributed by atoms with van der Waals surface area (Å²) in [5, 5.41) is 7.99. The number of aromatic nitrogens is 3. The molecular weight excluding hydrogens is 252 g/mol. The normalized spacial score (nSPS) is 17.7. The van der Waals surface area contributed by atoms with Crippen LogP contribution in [0.3, 0.4) is 0 Å². The summed E-state index contributed by atoms with van der Waals surface area (Å²) < 4.78 is 7.32. The van der Waals surface area contributed by atoms with Gasteiger partial charge in [-0.3, -0.25) is 0 Å². The molecule has 0 saturated heterocycles. The number of rotatable bonds is 3. The molecule has 0 fully saturated rings. The van der Waals surface area contributed by atoms with Gasteiger partial charge in [0.15, 0.2) is 5.82 Å². The van der Waals surface area contributed by atoms with E-state index in [0.29, 0.717) is 5.92 Å². The van der Waals surface area contributed by atoms with Gasteiger partial charge in [0.1, 0.15) is 5.75 Å². The van der Waals surface area contributed by atoms with Crippen molar-refractivity contribution < 1.29 is 4.74 Å². The second-order valence-electron chi connectivity index (χ2n) is 5.40. The Morgan fingerprint density at radius 1 is 1.40 bits per heavy atom. The fourth-order valence-corrected chi connectivity index (χ4v) is 2.52. The lowest BCUT2D eigenvalue weighted by atomic mass is 10.0. The first kappa shape index (κ1) is 13.0. The van der Waals surface area contributed by atoms with Crippen molar-refractivity contribution >= 4 is 5.95 Å². The highest BCUT2D eigenvalue weighted by Crippen LogP contribution is 2.30. The predicted octanol–water partition coefficient (Wildman–Crippen LogP) is 2.82. The van der Waals surface area contributed by atoms with Gasteiger partial charge in [0.05, 0.1) is 13.2 Å². The van der Waals surface area contributed by atoms with E-state index in [4.69, 9.17) is 4.74 Å². The molecule has 1 aromatic heterocycles. The van der Waals surface area contributed by atoms with Gasteiger partial charge in [-0.2, -0.15) is 10.1 Å². The summed E-state index contributed by atoms with van der Waals surface area (Å²) in [6.07, 6.45) is 1.00. The van der Waals surface area contributed by atoms with E-state index in [-0.39, 0.29) is 6.04 Å². The summed E-state index contributed by atoms with van der Waals surface area (Å²) >= 11 is 0. The van der Waals surface area contributed by atoms with E-state index >= 15 is 0 Å². The summed E-state index contributed by atoms with van der Waals surface area (Å²) in [5.41, 5.74) is 1.22. The van der Waals surface area contributed by atoms with Crippen molar-refractivity contribution in [3.8, 4) is 5.75 Å². The first-order valence-electron chi connectivity index (χ1n) is 7.03. The van der Waals surface area contributed by atoms with Gasteiger partial charge >= 0.3 is 0 Å². The Kier molecular flexibility index (Phi) is 3.34. The molecular formula is C15H20N4O. The standard InChI is InChI=1S/C15H20N4O/c1-10(2)14-17-15-16-8-7-13(19(15)18-14)11-5-4-6-12(9-11)20-3/h4-6,9-10,13H,7-8H2,1-3H3,(H,16,17,18). The Bertz CT molecular complexity index is 606. The number of nitrogens with zero attached hydrogens (tertiary/aromatic N) is 3. The van der Waals surface area contributed by atoms with E-state index in [0.717, 1.165) is 30.5 Å². The number of hydrogen-bond acceptors (Lipinski definition) is 4. The maximum Gasteiger partial charge on any atom is 0.221 e. The lowest BCUT2D eigenvalue weighted by molar-refractivity contribution is 0.411. The molecule has 0 bridgehead atoms. The highest BCUT2D eigenvalue weighted by Gasteiger charge is 2.25. The molecule has 0 radical (unpaired) electrons. The van der Waals surface area contributed by atoms with Gasteiger partial charge in [-0.25, -0.2) is 4.68 Å². The molecule has 1 atom stereocenters. The van der Waals surface area contributed by atoms with Crippen LogP contribution < -0.4 is 10.1 Å². The number of anilines is 1.